The molecule has 0 bridgehead atoms. The first-order valence-corrected chi connectivity index (χ1v) is 8.28. The summed E-state index contributed by atoms with van der Waals surface area (Å²) in [7, 11) is 0. The van der Waals surface area contributed by atoms with Crippen molar-refractivity contribution in [1.29, 1.82) is 0 Å². The number of hydrogen-bond donors (Lipinski definition) is 0. The third-order valence-corrected chi connectivity index (χ3v) is 3.34. The second-order valence-electron chi connectivity index (χ2n) is 5.65. The van der Waals surface area contributed by atoms with E-state index in [0.717, 1.165) is 9.13 Å². The molecule has 0 heterocycles. The molecule has 5 heteroatoms. The van der Waals surface area contributed by atoms with Crippen molar-refractivity contribution in [2.75, 3.05) is 13.2 Å². The molecule has 22 heavy (non-hydrogen) atoms. The molecule has 122 valence electrons. The van der Waals surface area contributed by atoms with E-state index in [-0.39, 0.29) is 19.0 Å². The van der Waals surface area contributed by atoms with Gasteiger partial charge in [0.1, 0.15) is 5.60 Å². The summed E-state index contributed by atoms with van der Waals surface area (Å²) in [5, 5.41) is 0. The van der Waals surface area contributed by atoms with Crippen LogP contribution in [0.4, 0.5) is 0 Å². The standard InChI is InChI=1S/C17H23IO4/c1-6-12-10-13(18)16(14(11-12)20-7-2)21-9-8-15(19)22-17(3,4)5/h6,10-11H,1,7-9H2,2-5H3. The number of rotatable bonds is 7. The fourth-order valence-electron chi connectivity index (χ4n) is 1.74. The first-order chi connectivity index (χ1) is 10.3. The van der Waals surface area contributed by atoms with Crippen LogP contribution in [0.1, 0.15) is 39.7 Å². The Hall–Kier alpha value is -1.24. The predicted octanol–water partition coefficient (Wildman–Crippen LogP) is 4.44. The SMILES string of the molecule is C=Cc1cc(I)c(OCCC(=O)OC(C)(C)C)c(OCC)c1. The highest BCUT2D eigenvalue weighted by Gasteiger charge is 2.17. The Kier molecular flexibility index (Phi) is 7.19. The van der Waals surface area contributed by atoms with Crippen LogP contribution in [0, 0.1) is 3.57 Å². The third kappa shape index (κ3) is 6.25. The van der Waals surface area contributed by atoms with Gasteiger partial charge in [-0.25, -0.2) is 0 Å². The lowest BCUT2D eigenvalue weighted by molar-refractivity contribution is -0.155. The van der Waals surface area contributed by atoms with Crippen molar-refractivity contribution in [3.8, 4) is 11.5 Å². The fraction of sp³-hybridized carbons (Fsp3) is 0.471. The second-order valence-corrected chi connectivity index (χ2v) is 6.81. The number of hydrogen-bond acceptors (Lipinski definition) is 4. The molecule has 1 rings (SSSR count). The zero-order valence-electron chi connectivity index (χ0n) is 13.6. The Morgan fingerprint density at radius 2 is 2.00 bits per heavy atom. The number of carbonyl (C=O) groups excluding carboxylic acids is 1. The lowest BCUT2D eigenvalue weighted by Gasteiger charge is -2.20. The van der Waals surface area contributed by atoms with E-state index < -0.39 is 5.60 Å². The smallest absolute Gasteiger partial charge is 0.309 e. The second kappa shape index (κ2) is 8.41. The van der Waals surface area contributed by atoms with E-state index in [1.165, 1.54) is 0 Å². The molecule has 0 spiro atoms. The largest absolute Gasteiger partial charge is 0.490 e. The molecule has 0 aliphatic rings. The number of halogens is 1. The lowest BCUT2D eigenvalue weighted by atomic mass is 10.2. The Morgan fingerprint density at radius 1 is 1.32 bits per heavy atom. The summed E-state index contributed by atoms with van der Waals surface area (Å²) in [6.45, 7) is 12.0. The highest BCUT2D eigenvalue weighted by Crippen LogP contribution is 2.34. The Morgan fingerprint density at radius 3 is 2.55 bits per heavy atom. The lowest BCUT2D eigenvalue weighted by Crippen LogP contribution is -2.24. The molecule has 0 N–H and O–H groups in total. The quantitative estimate of drug-likeness (QED) is 0.485. The molecule has 1 aromatic rings. The minimum Gasteiger partial charge on any atom is -0.490 e. The average Bonchev–Trinajstić information content (AvgIpc) is 2.39. The highest BCUT2D eigenvalue weighted by atomic mass is 127. The summed E-state index contributed by atoms with van der Waals surface area (Å²) in [5.41, 5.74) is 0.487. The molecule has 4 nitrogen and oxygen atoms in total. The maximum Gasteiger partial charge on any atom is 0.309 e. The predicted molar refractivity (Wildman–Crippen MR) is 96.4 cm³/mol. The van der Waals surface area contributed by atoms with E-state index in [4.69, 9.17) is 14.2 Å². The average molecular weight is 418 g/mol. The van der Waals surface area contributed by atoms with Crippen molar-refractivity contribution in [2.45, 2.75) is 39.7 Å². The van der Waals surface area contributed by atoms with Gasteiger partial charge in [0.15, 0.2) is 11.5 Å². The molecule has 0 aromatic heterocycles. The van der Waals surface area contributed by atoms with Gasteiger partial charge in [-0.3, -0.25) is 4.79 Å². The van der Waals surface area contributed by atoms with Crippen LogP contribution in [0.5, 0.6) is 11.5 Å². The molecule has 0 unspecified atom stereocenters. The van der Waals surface area contributed by atoms with E-state index in [0.29, 0.717) is 18.1 Å². The number of benzene rings is 1. The molecule has 0 atom stereocenters. The maximum absolute atomic E-state index is 11.7. The van der Waals surface area contributed by atoms with Gasteiger partial charge in [0.05, 0.1) is 23.2 Å². The van der Waals surface area contributed by atoms with Crippen molar-refractivity contribution in [3.05, 3.63) is 27.8 Å². The first-order valence-electron chi connectivity index (χ1n) is 7.20. The van der Waals surface area contributed by atoms with Crippen molar-refractivity contribution >= 4 is 34.6 Å². The van der Waals surface area contributed by atoms with E-state index in [2.05, 4.69) is 29.2 Å². The Bertz CT molecular complexity index is 532. The van der Waals surface area contributed by atoms with E-state index in [9.17, 15) is 4.79 Å². The molecule has 0 radical (unpaired) electrons. The summed E-state index contributed by atoms with van der Waals surface area (Å²) in [5.74, 6) is 1.04. The third-order valence-electron chi connectivity index (χ3n) is 2.54. The van der Waals surface area contributed by atoms with Gasteiger partial charge < -0.3 is 14.2 Å². The van der Waals surface area contributed by atoms with Crippen LogP contribution in [0.3, 0.4) is 0 Å². The van der Waals surface area contributed by atoms with E-state index in [1.807, 2.05) is 39.8 Å². The van der Waals surface area contributed by atoms with Crippen molar-refractivity contribution in [2.24, 2.45) is 0 Å². The van der Waals surface area contributed by atoms with Gasteiger partial charge in [0.25, 0.3) is 0 Å². The molecule has 0 fully saturated rings. The fourth-order valence-corrected chi connectivity index (χ4v) is 2.52. The van der Waals surface area contributed by atoms with Crippen LogP contribution in [0.25, 0.3) is 6.08 Å². The topological polar surface area (TPSA) is 44.8 Å². The van der Waals surface area contributed by atoms with Gasteiger partial charge in [-0.2, -0.15) is 0 Å². The van der Waals surface area contributed by atoms with Crippen LogP contribution < -0.4 is 9.47 Å². The number of carbonyl (C=O) groups is 1. The normalized spacial score (nSPS) is 11.0. The van der Waals surface area contributed by atoms with Gasteiger partial charge in [-0.15, -0.1) is 0 Å². The monoisotopic (exact) mass is 418 g/mol. The van der Waals surface area contributed by atoms with Crippen LogP contribution in [0.2, 0.25) is 0 Å². The molecule has 1 aromatic carbocycles. The van der Waals surface area contributed by atoms with Crippen molar-refractivity contribution in [3.63, 3.8) is 0 Å². The Balaban J connectivity index is 2.72. The maximum atomic E-state index is 11.7. The summed E-state index contributed by atoms with van der Waals surface area (Å²) < 4.78 is 17.5. The molecule has 0 aliphatic carbocycles. The summed E-state index contributed by atoms with van der Waals surface area (Å²) in [6, 6.07) is 3.83. The first kappa shape index (κ1) is 18.8. The zero-order chi connectivity index (χ0) is 16.8. The summed E-state index contributed by atoms with van der Waals surface area (Å²) >= 11 is 2.18. The summed E-state index contributed by atoms with van der Waals surface area (Å²) in [6.07, 6.45) is 1.96. The van der Waals surface area contributed by atoms with Crippen LogP contribution in [-0.4, -0.2) is 24.8 Å². The molecular weight excluding hydrogens is 395 g/mol. The van der Waals surface area contributed by atoms with Gasteiger partial charge in [-0.1, -0.05) is 12.7 Å². The Labute approximate surface area is 146 Å². The van der Waals surface area contributed by atoms with Gasteiger partial charge in [-0.05, 0) is 68.0 Å². The molecular formula is C17H23IO4. The van der Waals surface area contributed by atoms with Gasteiger partial charge >= 0.3 is 5.97 Å². The molecule has 0 aliphatic heterocycles. The zero-order valence-corrected chi connectivity index (χ0v) is 15.7. The van der Waals surface area contributed by atoms with Crippen LogP contribution in [-0.2, 0) is 9.53 Å². The minimum absolute atomic E-state index is 0.197. The van der Waals surface area contributed by atoms with E-state index >= 15 is 0 Å². The molecule has 0 amide bonds. The van der Waals surface area contributed by atoms with Crippen LogP contribution in [0.15, 0.2) is 18.7 Å². The van der Waals surface area contributed by atoms with Gasteiger partial charge in [0.2, 0.25) is 0 Å². The highest BCUT2D eigenvalue weighted by molar-refractivity contribution is 14.1. The number of ether oxygens (including phenoxy) is 3. The van der Waals surface area contributed by atoms with Crippen molar-refractivity contribution < 1.29 is 19.0 Å². The minimum atomic E-state index is -0.479. The summed E-state index contributed by atoms with van der Waals surface area (Å²) in [4.78, 5) is 11.7. The molecule has 0 saturated heterocycles. The van der Waals surface area contributed by atoms with E-state index in [1.54, 1.807) is 6.08 Å². The van der Waals surface area contributed by atoms with Gasteiger partial charge in [0, 0.05) is 0 Å². The number of esters is 1. The molecule has 0 saturated carbocycles. The van der Waals surface area contributed by atoms with Crippen molar-refractivity contribution in [1.82, 2.24) is 0 Å². The van der Waals surface area contributed by atoms with Crippen LogP contribution >= 0.6 is 22.6 Å².